The number of nitrogens with zero attached hydrogens (tertiary/aromatic N) is 3. The predicted molar refractivity (Wildman–Crippen MR) is 144 cm³/mol. The molecule has 1 aliphatic heterocycles. The van der Waals surface area contributed by atoms with E-state index in [1.54, 1.807) is 24.5 Å². The topological polar surface area (TPSA) is 108 Å². The quantitative estimate of drug-likeness (QED) is 0.452. The third-order valence-corrected chi connectivity index (χ3v) is 11.7. The zero-order valence-corrected chi connectivity index (χ0v) is 24.3. The minimum Gasteiger partial charge on any atom is -0.341 e. The summed E-state index contributed by atoms with van der Waals surface area (Å²) in [6.07, 6.45) is 6.31. The predicted octanol–water partition coefficient (Wildman–Crippen LogP) is 4.48. The molecule has 38 heavy (non-hydrogen) atoms. The molecular formula is C27H35N3O6S2. The monoisotopic (exact) mass is 561 g/mol. The Morgan fingerprint density at radius 1 is 0.895 bits per heavy atom. The Balaban J connectivity index is 1.47. The van der Waals surface area contributed by atoms with Crippen LogP contribution in [-0.2, 0) is 29.5 Å². The second-order valence-corrected chi connectivity index (χ2v) is 15.4. The number of aromatic nitrogens is 2. The molecule has 0 bridgehead atoms. The standard InChI is InChI=1S/C27H35N3O6S2/c1-25(2)26(3,4)36-27(35-25)15-13-19(14-16-27)22-18-30(23-8-7-17-28-24(22)23)38(33,34)21-11-9-20(10-12-21)37(31,32)29(5)6/h7-12,17-19H,13-16H2,1-6H3. The van der Waals surface area contributed by atoms with Gasteiger partial charge in [-0.25, -0.2) is 25.1 Å². The summed E-state index contributed by atoms with van der Waals surface area (Å²) in [6, 6.07) is 8.75. The molecule has 9 nitrogen and oxygen atoms in total. The van der Waals surface area contributed by atoms with E-state index in [2.05, 4.69) is 32.7 Å². The maximum absolute atomic E-state index is 13.7. The minimum atomic E-state index is -4.00. The fourth-order valence-corrected chi connectivity index (χ4v) is 7.70. The summed E-state index contributed by atoms with van der Waals surface area (Å²) in [5.74, 6) is -0.531. The fourth-order valence-electron chi connectivity index (χ4n) is 5.43. The Morgan fingerprint density at radius 3 is 2.00 bits per heavy atom. The number of sulfonamides is 1. The zero-order chi connectivity index (χ0) is 27.7. The van der Waals surface area contributed by atoms with Crippen LogP contribution in [0, 0.1) is 0 Å². The number of hydrogen-bond donors (Lipinski definition) is 0. The smallest absolute Gasteiger partial charge is 0.268 e. The van der Waals surface area contributed by atoms with Crippen molar-refractivity contribution in [3.8, 4) is 0 Å². The molecule has 206 valence electrons. The van der Waals surface area contributed by atoms with Gasteiger partial charge in [0.15, 0.2) is 5.79 Å². The number of ether oxygens (including phenoxy) is 2. The van der Waals surface area contributed by atoms with E-state index < -0.39 is 37.0 Å². The maximum atomic E-state index is 13.7. The van der Waals surface area contributed by atoms with E-state index in [0.717, 1.165) is 22.7 Å². The first-order valence-electron chi connectivity index (χ1n) is 12.7. The van der Waals surface area contributed by atoms with Crippen LogP contribution < -0.4 is 0 Å². The molecule has 0 amide bonds. The van der Waals surface area contributed by atoms with Crippen molar-refractivity contribution >= 4 is 31.1 Å². The Labute approximate surface area is 224 Å². The summed E-state index contributed by atoms with van der Waals surface area (Å²) in [4.78, 5) is 4.58. The van der Waals surface area contributed by atoms with Gasteiger partial charge in [0.1, 0.15) is 0 Å². The lowest BCUT2D eigenvalue weighted by atomic mass is 9.81. The third kappa shape index (κ3) is 4.28. The van der Waals surface area contributed by atoms with Crippen molar-refractivity contribution in [3.05, 3.63) is 54.4 Å². The summed E-state index contributed by atoms with van der Waals surface area (Å²) < 4.78 is 67.5. The van der Waals surface area contributed by atoms with E-state index in [-0.39, 0.29) is 15.7 Å². The molecular weight excluding hydrogens is 526 g/mol. The number of fused-ring (bicyclic) bond motifs is 1. The molecule has 1 aromatic carbocycles. The minimum absolute atomic E-state index is 0.00215. The normalized spacial score (nSPS) is 21.4. The summed E-state index contributed by atoms with van der Waals surface area (Å²) in [5.41, 5.74) is 1.20. The number of rotatable bonds is 5. The summed E-state index contributed by atoms with van der Waals surface area (Å²) >= 11 is 0. The maximum Gasteiger partial charge on any atom is 0.268 e. The van der Waals surface area contributed by atoms with Crippen LogP contribution in [0.4, 0.5) is 0 Å². The summed E-state index contributed by atoms with van der Waals surface area (Å²) in [6.45, 7) is 8.22. The van der Waals surface area contributed by atoms with Crippen molar-refractivity contribution in [2.45, 2.75) is 86.1 Å². The first-order chi connectivity index (χ1) is 17.6. The molecule has 1 saturated carbocycles. The van der Waals surface area contributed by atoms with E-state index in [4.69, 9.17) is 9.47 Å². The van der Waals surface area contributed by atoms with Crippen molar-refractivity contribution in [2.75, 3.05) is 14.1 Å². The van der Waals surface area contributed by atoms with Gasteiger partial charge < -0.3 is 9.47 Å². The lowest BCUT2D eigenvalue weighted by Crippen LogP contribution is -2.41. The molecule has 1 aliphatic carbocycles. The first kappa shape index (κ1) is 27.3. The first-order valence-corrected chi connectivity index (χ1v) is 15.6. The van der Waals surface area contributed by atoms with E-state index in [0.29, 0.717) is 23.9 Å². The van der Waals surface area contributed by atoms with Crippen LogP contribution in [0.15, 0.2) is 58.6 Å². The van der Waals surface area contributed by atoms with Crippen molar-refractivity contribution in [3.63, 3.8) is 0 Å². The van der Waals surface area contributed by atoms with Crippen molar-refractivity contribution in [1.82, 2.24) is 13.3 Å². The van der Waals surface area contributed by atoms with E-state index in [1.165, 1.54) is 42.3 Å². The molecule has 2 fully saturated rings. The molecule has 3 heterocycles. The van der Waals surface area contributed by atoms with Gasteiger partial charge in [0.2, 0.25) is 10.0 Å². The van der Waals surface area contributed by atoms with Crippen molar-refractivity contribution in [1.29, 1.82) is 0 Å². The highest BCUT2D eigenvalue weighted by Gasteiger charge is 2.57. The fraction of sp³-hybridized carbons (Fsp3) is 0.519. The average Bonchev–Trinajstić information content (AvgIpc) is 3.32. The molecule has 0 N–H and O–H groups in total. The van der Waals surface area contributed by atoms with Crippen LogP contribution in [0.25, 0.3) is 11.0 Å². The van der Waals surface area contributed by atoms with Crippen LogP contribution in [0.2, 0.25) is 0 Å². The Bertz CT molecular complexity index is 1560. The zero-order valence-electron chi connectivity index (χ0n) is 22.6. The highest BCUT2D eigenvalue weighted by molar-refractivity contribution is 7.90. The van der Waals surface area contributed by atoms with Crippen LogP contribution in [0.1, 0.15) is 64.9 Å². The molecule has 0 unspecified atom stereocenters. The van der Waals surface area contributed by atoms with Crippen LogP contribution in [0.5, 0.6) is 0 Å². The lowest BCUT2D eigenvalue weighted by molar-refractivity contribution is -0.210. The van der Waals surface area contributed by atoms with Gasteiger partial charge >= 0.3 is 0 Å². The van der Waals surface area contributed by atoms with Crippen LogP contribution in [0.3, 0.4) is 0 Å². The summed E-state index contributed by atoms with van der Waals surface area (Å²) in [5, 5.41) is 0. The van der Waals surface area contributed by atoms with Crippen LogP contribution >= 0.6 is 0 Å². The number of pyridine rings is 1. The van der Waals surface area contributed by atoms with Gasteiger partial charge in [0.25, 0.3) is 10.0 Å². The molecule has 1 saturated heterocycles. The van der Waals surface area contributed by atoms with Gasteiger partial charge in [0.05, 0.1) is 32.0 Å². The highest BCUT2D eigenvalue weighted by Crippen LogP contribution is 2.52. The Kier molecular flexibility index (Phi) is 6.35. The Morgan fingerprint density at radius 2 is 1.45 bits per heavy atom. The lowest BCUT2D eigenvalue weighted by Gasteiger charge is -2.36. The van der Waals surface area contributed by atoms with Crippen molar-refractivity contribution < 1.29 is 26.3 Å². The molecule has 0 atom stereocenters. The van der Waals surface area contributed by atoms with E-state index >= 15 is 0 Å². The second-order valence-electron chi connectivity index (χ2n) is 11.4. The van der Waals surface area contributed by atoms with Gasteiger partial charge in [-0.3, -0.25) is 4.98 Å². The van der Waals surface area contributed by atoms with E-state index in [1.807, 2.05) is 0 Å². The van der Waals surface area contributed by atoms with E-state index in [9.17, 15) is 16.8 Å². The molecule has 11 heteroatoms. The SMILES string of the molecule is CN(C)S(=O)(=O)c1ccc(S(=O)(=O)n2cc(C3CCC4(CC3)OC(C)(C)C(C)(C)O4)c3ncccc32)cc1. The molecule has 0 radical (unpaired) electrons. The van der Waals surface area contributed by atoms with Gasteiger partial charge in [-0.1, -0.05) is 0 Å². The molecule has 1 spiro atoms. The molecule has 5 rings (SSSR count). The largest absolute Gasteiger partial charge is 0.341 e. The number of hydrogen-bond acceptors (Lipinski definition) is 7. The van der Waals surface area contributed by atoms with Crippen molar-refractivity contribution in [2.24, 2.45) is 0 Å². The van der Waals surface area contributed by atoms with Gasteiger partial charge in [-0.15, -0.1) is 0 Å². The average molecular weight is 562 g/mol. The Hall–Kier alpha value is -2.31. The summed E-state index contributed by atoms with van der Waals surface area (Å²) in [7, 11) is -4.81. The highest BCUT2D eigenvalue weighted by atomic mass is 32.2. The molecule has 3 aromatic rings. The molecule has 2 aliphatic rings. The van der Waals surface area contributed by atoms with Gasteiger partial charge in [0, 0.05) is 44.9 Å². The molecule has 2 aromatic heterocycles. The third-order valence-electron chi connectivity index (χ3n) is 8.23. The van der Waals surface area contributed by atoms with Gasteiger partial charge in [-0.2, -0.15) is 0 Å². The number of benzene rings is 1. The van der Waals surface area contributed by atoms with Crippen LogP contribution in [-0.4, -0.2) is 61.2 Å². The van der Waals surface area contributed by atoms with Gasteiger partial charge in [-0.05, 0) is 82.9 Å². The second kappa shape index (κ2) is 8.85.